The lowest BCUT2D eigenvalue weighted by atomic mass is 10.1. The smallest absolute Gasteiger partial charge is 0.258 e. The normalized spacial score (nSPS) is 17.9. The molecule has 1 unspecified atom stereocenters. The quantitative estimate of drug-likeness (QED) is 0.925. The fourth-order valence-electron chi connectivity index (χ4n) is 2.59. The summed E-state index contributed by atoms with van der Waals surface area (Å²) in [7, 11) is 1.84. The molecule has 1 amide bonds. The van der Waals surface area contributed by atoms with Gasteiger partial charge in [0.05, 0.1) is 11.1 Å². The van der Waals surface area contributed by atoms with Crippen molar-refractivity contribution >= 4 is 5.91 Å². The molecule has 110 valence electrons. The molecule has 6 heteroatoms. The van der Waals surface area contributed by atoms with Gasteiger partial charge in [0.25, 0.3) is 11.8 Å². The first-order valence-electron chi connectivity index (χ1n) is 7.04. The highest BCUT2D eigenvalue weighted by Gasteiger charge is 2.26. The first-order chi connectivity index (χ1) is 10.2. The highest BCUT2D eigenvalue weighted by atomic mass is 16.5. The van der Waals surface area contributed by atoms with Crippen molar-refractivity contribution in [1.29, 1.82) is 0 Å². The number of hydrogen-bond donors (Lipinski definition) is 1. The molecule has 0 saturated carbocycles. The maximum Gasteiger partial charge on any atom is 0.258 e. The summed E-state index contributed by atoms with van der Waals surface area (Å²) in [6.07, 6.45) is 0.976. The van der Waals surface area contributed by atoms with Crippen LogP contribution in [0, 0.1) is 6.92 Å². The fraction of sp³-hybridized carbons (Fsp3) is 0.400. The van der Waals surface area contributed by atoms with Crippen LogP contribution in [0.3, 0.4) is 0 Å². The maximum atomic E-state index is 12.7. The van der Waals surface area contributed by atoms with E-state index >= 15 is 0 Å². The summed E-state index contributed by atoms with van der Waals surface area (Å²) in [5, 5.41) is 7.07. The van der Waals surface area contributed by atoms with Gasteiger partial charge in [-0.15, -0.1) is 0 Å². The first-order valence-corrected chi connectivity index (χ1v) is 7.04. The van der Waals surface area contributed by atoms with E-state index in [-0.39, 0.29) is 11.9 Å². The first kappa shape index (κ1) is 13.8. The Labute approximate surface area is 123 Å². The lowest BCUT2D eigenvalue weighted by Crippen LogP contribution is -2.38. The molecule has 2 aromatic rings. The lowest BCUT2D eigenvalue weighted by Gasteiger charge is -2.24. The predicted molar refractivity (Wildman–Crippen MR) is 77.8 cm³/mol. The van der Waals surface area contributed by atoms with Gasteiger partial charge in [0.2, 0.25) is 0 Å². The summed E-state index contributed by atoms with van der Waals surface area (Å²) < 4.78 is 5.20. The summed E-state index contributed by atoms with van der Waals surface area (Å²) >= 11 is 0. The van der Waals surface area contributed by atoms with E-state index in [1.54, 1.807) is 17.9 Å². The SMILES string of the molecule is Cc1noc(-c2ccccc2C(=O)N(C)C2CCNC2)n1. The number of likely N-dealkylation sites (N-methyl/N-ethyl adjacent to an activating group) is 1. The molecule has 1 N–H and O–H groups in total. The van der Waals surface area contributed by atoms with E-state index in [0.717, 1.165) is 19.5 Å². The van der Waals surface area contributed by atoms with Gasteiger partial charge in [0, 0.05) is 19.6 Å². The second-order valence-electron chi connectivity index (χ2n) is 5.26. The Balaban J connectivity index is 1.93. The predicted octanol–water partition coefficient (Wildman–Crippen LogP) is 1.48. The Kier molecular flexibility index (Phi) is 3.70. The molecule has 0 radical (unpaired) electrons. The van der Waals surface area contributed by atoms with Crippen molar-refractivity contribution in [2.45, 2.75) is 19.4 Å². The Morgan fingerprint density at radius 1 is 1.43 bits per heavy atom. The van der Waals surface area contributed by atoms with E-state index in [4.69, 9.17) is 4.52 Å². The van der Waals surface area contributed by atoms with Crippen molar-refractivity contribution in [2.75, 3.05) is 20.1 Å². The van der Waals surface area contributed by atoms with Crippen LogP contribution < -0.4 is 5.32 Å². The van der Waals surface area contributed by atoms with Crippen LogP contribution in [0.25, 0.3) is 11.5 Å². The van der Waals surface area contributed by atoms with Gasteiger partial charge in [-0.1, -0.05) is 17.3 Å². The molecule has 6 nitrogen and oxygen atoms in total. The average molecular weight is 286 g/mol. The molecule has 1 atom stereocenters. The van der Waals surface area contributed by atoms with E-state index in [1.165, 1.54) is 0 Å². The summed E-state index contributed by atoms with van der Waals surface area (Å²) in [4.78, 5) is 18.8. The van der Waals surface area contributed by atoms with Gasteiger partial charge < -0.3 is 14.7 Å². The number of nitrogens with one attached hydrogen (secondary N) is 1. The minimum absolute atomic E-state index is 0.0184. The zero-order valence-electron chi connectivity index (χ0n) is 12.2. The molecule has 2 heterocycles. The van der Waals surface area contributed by atoms with Gasteiger partial charge in [0.15, 0.2) is 5.82 Å². The third-order valence-electron chi connectivity index (χ3n) is 3.82. The number of rotatable bonds is 3. The summed E-state index contributed by atoms with van der Waals surface area (Å²) in [6.45, 7) is 3.55. The van der Waals surface area contributed by atoms with Gasteiger partial charge in [-0.05, 0) is 32.0 Å². The molecule has 1 aromatic carbocycles. The highest BCUT2D eigenvalue weighted by molar-refractivity contribution is 6.00. The zero-order chi connectivity index (χ0) is 14.8. The molecule has 1 fully saturated rings. The van der Waals surface area contributed by atoms with Gasteiger partial charge >= 0.3 is 0 Å². The van der Waals surface area contributed by atoms with Crippen LogP contribution in [0.1, 0.15) is 22.6 Å². The Morgan fingerprint density at radius 2 is 2.24 bits per heavy atom. The number of nitrogens with zero attached hydrogens (tertiary/aromatic N) is 3. The molecule has 0 spiro atoms. The number of aromatic nitrogens is 2. The number of carbonyl (C=O) groups excluding carboxylic acids is 1. The minimum atomic E-state index is -0.0184. The van der Waals surface area contributed by atoms with Crippen LogP contribution in [-0.2, 0) is 0 Å². The monoisotopic (exact) mass is 286 g/mol. The van der Waals surface area contributed by atoms with Crippen LogP contribution in [-0.4, -0.2) is 47.1 Å². The third-order valence-corrected chi connectivity index (χ3v) is 3.82. The molecule has 3 rings (SSSR count). The molecule has 1 aromatic heterocycles. The topological polar surface area (TPSA) is 71.3 Å². The third kappa shape index (κ3) is 2.67. The second-order valence-corrected chi connectivity index (χ2v) is 5.26. The van der Waals surface area contributed by atoms with E-state index in [9.17, 15) is 4.79 Å². The number of benzene rings is 1. The van der Waals surface area contributed by atoms with Crippen molar-refractivity contribution in [2.24, 2.45) is 0 Å². The van der Waals surface area contributed by atoms with Crippen LogP contribution in [0.5, 0.6) is 0 Å². The molecule has 21 heavy (non-hydrogen) atoms. The van der Waals surface area contributed by atoms with Crippen molar-refractivity contribution in [3.05, 3.63) is 35.7 Å². The molecular formula is C15H18N4O2. The van der Waals surface area contributed by atoms with Crippen LogP contribution in [0.2, 0.25) is 0 Å². The lowest BCUT2D eigenvalue weighted by molar-refractivity contribution is 0.0744. The number of aryl methyl sites for hydroxylation is 1. The number of hydrogen-bond acceptors (Lipinski definition) is 5. The Morgan fingerprint density at radius 3 is 2.90 bits per heavy atom. The molecule has 1 aliphatic heterocycles. The standard InChI is InChI=1S/C15H18N4O2/c1-10-17-14(21-18-10)12-5-3-4-6-13(12)15(20)19(2)11-7-8-16-9-11/h3-6,11,16H,7-9H2,1-2H3. The van der Waals surface area contributed by atoms with E-state index < -0.39 is 0 Å². The van der Waals surface area contributed by atoms with Gasteiger partial charge in [-0.3, -0.25) is 4.79 Å². The minimum Gasteiger partial charge on any atom is -0.337 e. The summed E-state index contributed by atoms with van der Waals surface area (Å²) in [5.74, 6) is 0.921. The highest BCUT2D eigenvalue weighted by Crippen LogP contribution is 2.24. The number of amides is 1. The second kappa shape index (κ2) is 5.65. The maximum absolute atomic E-state index is 12.7. The van der Waals surface area contributed by atoms with Crippen LogP contribution in [0.15, 0.2) is 28.8 Å². The molecule has 0 bridgehead atoms. The largest absolute Gasteiger partial charge is 0.337 e. The molecular weight excluding hydrogens is 268 g/mol. The molecule has 1 aliphatic rings. The van der Waals surface area contributed by atoms with Gasteiger partial charge in [-0.25, -0.2) is 0 Å². The Hall–Kier alpha value is -2.21. The Bertz CT molecular complexity index is 647. The number of carbonyl (C=O) groups is 1. The van der Waals surface area contributed by atoms with Crippen molar-refractivity contribution in [3.63, 3.8) is 0 Å². The van der Waals surface area contributed by atoms with E-state index in [0.29, 0.717) is 22.8 Å². The molecule has 1 saturated heterocycles. The van der Waals surface area contributed by atoms with Crippen molar-refractivity contribution in [1.82, 2.24) is 20.4 Å². The van der Waals surface area contributed by atoms with Crippen molar-refractivity contribution in [3.8, 4) is 11.5 Å². The van der Waals surface area contributed by atoms with Crippen molar-refractivity contribution < 1.29 is 9.32 Å². The summed E-state index contributed by atoms with van der Waals surface area (Å²) in [5.41, 5.74) is 1.27. The summed E-state index contributed by atoms with van der Waals surface area (Å²) in [6, 6.07) is 7.58. The van der Waals surface area contributed by atoms with Gasteiger partial charge in [-0.2, -0.15) is 4.98 Å². The average Bonchev–Trinajstić information content (AvgIpc) is 3.17. The van der Waals surface area contributed by atoms with E-state index in [1.807, 2.05) is 25.2 Å². The zero-order valence-corrected chi connectivity index (χ0v) is 12.2. The van der Waals surface area contributed by atoms with Crippen LogP contribution in [0.4, 0.5) is 0 Å². The fourth-order valence-corrected chi connectivity index (χ4v) is 2.59. The van der Waals surface area contributed by atoms with E-state index in [2.05, 4.69) is 15.5 Å². The van der Waals surface area contributed by atoms with Crippen LogP contribution >= 0.6 is 0 Å². The van der Waals surface area contributed by atoms with Gasteiger partial charge in [0.1, 0.15) is 0 Å². The molecule has 0 aliphatic carbocycles.